The van der Waals surface area contributed by atoms with Gasteiger partial charge >= 0.3 is 11.9 Å². The van der Waals surface area contributed by atoms with E-state index in [1.165, 1.54) is 12.2 Å². The van der Waals surface area contributed by atoms with E-state index in [0.717, 1.165) is 51.4 Å². The number of esters is 2. The van der Waals surface area contributed by atoms with Crippen molar-refractivity contribution in [1.82, 2.24) is 0 Å². The summed E-state index contributed by atoms with van der Waals surface area (Å²) < 4.78 is 10.6. The molecule has 0 spiro atoms. The standard InChI is InChI=1S/C20H28O4/c1-3-19(21)23-17-11-7-15(8-12-17)5-6-16-9-13-18(14-10-16)24-20(22)4-2/h3-6,15-18H,1-2,7-14H2. The van der Waals surface area contributed by atoms with E-state index in [1.54, 1.807) is 0 Å². The molecule has 2 rings (SSSR count). The molecular weight excluding hydrogens is 304 g/mol. The monoisotopic (exact) mass is 332 g/mol. The molecule has 4 heteroatoms. The topological polar surface area (TPSA) is 52.6 Å². The molecule has 0 radical (unpaired) electrons. The average Bonchev–Trinajstić information content (AvgIpc) is 2.62. The van der Waals surface area contributed by atoms with Crippen LogP contribution in [0.1, 0.15) is 51.4 Å². The van der Waals surface area contributed by atoms with Gasteiger partial charge in [-0.15, -0.1) is 0 Å². The third kappa shape index (κ3) is 5.99. The van der Waals surface area contributed by atoms with E-state index in [2.05, 4.69) is 25.3 Å². The fourth-order valence-electron chi connectivity index (χ4n) is 3.54. The molecule has 0 aromatic heterocycles. The zero-order valence-electron chi connectivity index (χ0n) is 14.3. The van der Waals surface area contributed by atoms with Crippen molar-refractivity contribution in [3.63, 3.8) is 0 Å². The van der Waals surface area contributed by atoms with Gasteiger partial charge in [0.25, 0.3) is 0 Å². The molecule has 2 aliphatic rings. The highest BCUT2D eigenvalue weighted by molar-refractivity contribution is 5.81. The van der Waals surface area contributed by atoms with E-state index in [4.69, 9.17) is 9.47 Å². The quantitative estimate of drug-likeness (QED) is 0.417. The molecule has 0 atom stereocenters. The summed E-state index contributed by atoms with van der Waals surface area (Å²) in [6.07, 6.45) is 15.2. The number of rotatable bonds is 6. The summed E-state index contributed by atoms with van der Waals surface area (Å²) in [7, 11) is 0. The Bertz CT molecular complexity index is 434. The van der Waals surface area contributed by atoms with Gasteiger partial charge in [-0.2, -0.15) is 0 Å². The predicted octanol–water partition coefficient (Wildman–Crippen LogP) is 4.12. The molecular formula is C20H28O4. The van der Waals surface area contributed by atoms with Crippen molar-refractivity contribution in [2.45, 2.75) is 63.6 Å². The van der Waals surface area contributed by atoms with E-state index < -0.39 is 0 Å². The molecule has 0 aromatic rings. The Morgan fingerprint density at radius 2 is 1.00 bits per heavy atom. The van der Waals surface area contributed by atoms with Crippen LogP contribution in [0, 0.1) is 11.8 Å². The lowest BCUT2D eigenvalue weighted by Gasteiger charge is -2.28. The van der Waals surface area contributed by atoms with E-state index in [0.29, 0.717) is 11.8 Å². The number of hydrogen-bond acceptors (Lipinski definition) is 4. The Balaban J connectivity index is 1.66. The highest BCUT2D eigenvalue weighted by Crippen LogP contribution is 2.31. The van der Waals surface area contributed by atoms with Crippen molar-refractivity contribution in [2.75, 3.05) is 0 Å². The van der Waals surface area contributed by atoms with Crippen LogP contribution in [0.25, 0.3) is 0 Å². The number of hydrogen-bond donors (Lipinski definition) is 0. The minimum Gasteiger partial charge on any atom is -0.459 e. The van der Waals surface area contributed by atoms with Crippen LogP contribution in [0.5, 0.6) is 0 Å². The van der Waals surface area contributed by atoms with Gasteiger partial charge in [0, 0.05) is 12.2 Å². The van der Waals surface area contributed by atoms with Crippen molar-refractivity contribution in [3.05, 3.63) is 37.5 Å². The minimum atomic E-state index is -0.317. The number of carbonyl (C=O) groups excluding carboxylic acids is 2. The molecule has 0 amide bonds. The molecule has 0 aliphatic heterocycles. The van der Waals surface area contributed by atoms with E-state index in [9.17, 15) is 9.59 Å². The van der Waals surface area contributed by atoms with Gasteiger partial charge in [0.2, 0.25) is 0 Å². The largest absolute Gasteiger partial charge is 0.459 e. The van der Waals surface area contributed by atoms with Gasteiger partial charge in [-0.1, -0.05) is 25.3 Å². The van der Waals surface area contributed by atoms with Gasteiger partial charge < -0.3 is 9.47 Å². The Hall–Kier alpha value is -1.84. The maximum absolute atomic E-state index is 11.2. The maximum Gasteiger partial charge on any atom is 0.330 e. The summed E-state index contributed by atoms with van der Waals surface area (Å²) in [6, 6.07) is 0. The van der Waals surface area contributed by atoms with Gasteiger partial charge in [-0.05, 0) is 63.2 Å². The van der Waals surface area contributed by atoms with Gasteiger partial charge in [0.1, 0.15) is 12.2 Å². The smallest absolute Gasteiger partial charge is 0.330 e. The lowest BCUT2D eigenvalue weighted by molar-refractivity contribution is -0.145. The summed E-state index contributed by atoms with van der Waals surface area (Å²) in [5.74, 6) is 0.533. The van der Waals surface area contributed by atoms with Crippen LogP contribution >= 0.6 is 0 Å². The van der Waals surface area contributed by atoms with Crippen LogP contribution in [0.4, 0.5) is 0 Å². The van der Waals surface area contributed by atoms with Crippen LogP contribution in [0.2, 0.25) is 0 Å². The van der Waals surface area contributed by atoms with Gasteiger partial charge in [-0.25, -0.2) is 9.59 Å². The SMILES string of the molecule is C=CC(=O)OC1CCC(C=CC2CCC(OC(=O)C=C)CC2)CC1. The summed E-state index contributed by atoms with van der Waals surface area (Å²) in [4.78, 5) is 22.4. The lowest BCUT2D eigenvalue weighted by Crippen LogP contribution is -2.24. The van der Waals surface area contributed by atoms with Crippen LogP contribution < -0.4 is 0 Å². The van der Waals surface area contributed by atoms with Gasteiger partial charge in [0.05, 0.1) is 0 Å². The lowest BCUT2D eigenvalue weighted by atomic mass is 9.83. The summed E-state index contributed by atoms with van der Waals surface area (Å²) in [5, 5.41) is 0. The molecule has 2 saturated carbocycles. The van der Waals surface area contributed by atoms with Crippen molar-refractivity contribution < 1.29 is 19.1 Å². The summed E-state index contributed by atoms with van der Waals surface area (Å²) >= 11 is 0. The Labute approximate surface area is 144 Å². The fourth-order valence-corrected chi connectivity index (χ4v) is 3.54. The molecule has 0 saturated heterocycles. The number of ether oxygens (including phenoxy) is 2. The third-order valence-corrected chi connectivity index (χ3v) is 4.99. The zero-order valence-corrected chi connectivity index (χ0v) is 14.3. The Kier molecular flexibility index (Phi) is 7.29. The minimum absolute atomic E-state index is 0.0511. The molecule has 0 N–H and O–H groups in total. The Morgan fingerprint density at radius 3 is 1.29 bits per heavy atom. The van der Waals surface area contributed by atoms with Crippen LogP contribution in [-0.4, -0.2) is 24.1 Å². The first kappa shape index (κ1) is 18.5. The van der Waals surface area contributed by atoms with Crippen molar-refractivity contribution in [3.8, 4) is 0 Å². The highest BCUT2D eigenvalue weighted by atomic mass is 16.5. The molecule has 0 aromatic carbocycles. The van der Waals surface area contributed by atoms with Crippen molar-refractivity contribution >= 4 is 11.9 Å². The van der Waals surface area contributed by atoms with Crippen molar-refractivity contribution in [2.24, 2.45) is 11.8 Å². The first-order chi connectivity index (χ1) is 11.6. The second-order valence-electron chi connectivity index (χ2n) is 6.74. The van der Waals surface area contributed by atoms with Crippen LogP contribution in [0.3, 0.4) is 0 Å². The molecule has 24 heavy (non-hydrogen) atoms. The normalized spacial score (nSPS) is 30.5. The number of allylic oxidation sites excluding steroid dienone is 2. The van der Waals surface area contributed by atoms with Gasteiger partial charge in [0.15, 0.2) is 0 Å². The predicted molar refractivity (Wildman–Crippen MR) is 93.2 cm³/mol. The molecule has 0 bridgehead atoms. The molecule has 2 fully saturated rings. The van der Waals surface area contributed by atoms with Crippen LogP contribution in [0.15, 0.2) is 37.5 Å². The van der Waals surface area contributed by atoms with Gasteiger partial charge in [-0.3, -0.25) is 0 Å². The Morgan fingerprint density at radius 1 is 0.667 bits per heavy atom. The first-order valence-electron chi connectivity index (χ1n) is 8.95. The van der Waals surface area contributed by atoms with E-state index >= 15 is 0 Å². The molecule has 132 valence electrons. The molecule has 0 heterocycles. The summed E-state index contributed by atoms with van der Waals surface area (Å²) in [6.45, 7) is 6.86. The second kappa shape index (κ2) is 9.45. The highest BCUT2D eigenvalue weighted by Gasteiger charge is 2.24. The zero-order chi connectivity index (χ0) is 17.4. The van der Waals surface area contributed by atoms with E-state index in [-0.39, 0.29) is 24.1 Å². The molecule has 0 unspecified atom stereocenters. The average molecular weight is 332 g/mol. The van der Waals surface area contributed by atoms with Crippen molar-refractivity contribution in [1.29, 1.82) is 0 Å². The van der Waals surface area contributed by atoms with Crippen LogP contribution in [-0.2, 0) is 19.1 Å². The third-order valence-electron chi connectivity index (χ3n) is 4.99. The molecule has 4 nitrogen and oxygen atoms in total. The fraction of sp³-hybridized carbons (Fsp3) is 0.600. The first-order valence-corrected chi connectivity index (χ1v) is 8.95. The maximum atomic E-state index is 11.2. The second-order valence-corrected chi connectivity index (χ2v) is 6.74. The van der Waals surface area contributed by atoms with E-state index in [1.807, 2.05) is 0 Å². The molecule has 2 aliphatic carbocycles. The summed E-state index contributed by atoms with van der Waals surface area (Å²) in [5.41, 5.74) is 0. The number of carbonyl (C=O) groups is 2.